The highest BCUT2D eigenvalue weighted by atomic mass is 16.6. The quantitative estimate of drug-likeness (QED) is 0.343. The minimum Gasteiger partial charge on any atom is -0.462 e. The first kappa shape index (κ1) is 25.3. The van der Waals surface area contributed by atoms with Crippen LogP contribution in [0.3, 0.4) is 0 Å². The number of carbonyl (C=O) groups excluding carboxylic acids is 2. The van der Waals surface area contributed by atoms with Crippen LogP contribution < -0.4 is 11.0 Å². The molecule has 1 saturated carbocycles. The minimum absolute atomic E-state index is 0.00148. The summed E-state index contributed by atoms with van der Waals surface area (Å²) in [6.45, 7) is 5.62. The van der Waals surface area contributed by atoms with Gasteiger partial charge in [0.25, 0.3) is 5.91 Å². The van der Waals surface area contributed by atoms with Crippen LogP contribution >= 0.6 is 0 Å². The number of primary amides is 1. The molecule has 2 heterocycles. The Labute approximate surface area is 205 Å². The first-order chi connectivity index (χ1) is 16.8. The monoisotopic (exact) mass is 483 g/mol. The van der Waals surface area contributed by atoms with E-state index < -0.39 is 31.2 Å². The number of hydrogen-bond acceptors (Lipinski definition) is 8. The molecule has 11 heteroatoms. The normalized spacial score (nSPS) is 27.3. The van der Waals surface area contributed by atoms with Crippen LogP contribution in [0, 0.1) is 17.8 Å². The van der Waals surface area contributed by atoms with Gasteiger partial charge in [-0.1, -0.05) is 50.6 Å². The predicted molar refractivity (Wildman–Crippen MR) is 129 cm³/mol. The molecule has 35 heavy (non-hydrogen) atoms. The van der Waals surface area contributed by atoms with Crippen molar-refractivity contribution in [1.29, 1.82) is 0 Å². The van der Waals surface area contributed by atoms with Crippen LogP contribution in [-0.2, 0) is 14.3 Å². The zero-order chi connectivity index (χ0) is 25.1. The fraction of sp³-hybridized carbons (Fsp3) is 0.583. The van der Waals surface area contributed by atoms with Crippen LogP contribution in [0.5, 0.6) is 0 Å². The molecule has 1 aliphatic heterocycles. The van der Waals surface area contributed by atoms with Crippen LogP contribution in [0.15, 0.2) is 36.7 Å². The first-order valence-corrected chi connectivity index (χ1v) is 12.3. The lowest BCUT2D eigenvalue weighted by atomic mass is 9.84. The molecular weight excluding hydrogens is 449 g/mol. The Morgan fingerprint density at radius 3 is 2.66 bits per heavy atom. The van der Waals surface area contributed by atoms with Crippen LogP contribution in [0.4, 0.5) is 0 Å². The molecule has 10 nitrogen and oxygen atoms in total. The van der Waals surface area contributed by atoms with Crippen molar-refractivity contribution >= 4 is 18.9 Å². The molecule has 188 valence electrons. The summed E-state index contributed by atoms with van der Waals surface area (Å²) in [4.78, 5) is 28.4. The third-order valence-electron chi connectivity index (χ3n) is 7.36. The van der Waals surface area contributed by atoms with Crippen LogP contribution in [0.1, 0.15) is 61.4 Å². The largest absolute Gasteiger partial charge is 0.462 e. The molecule has 2 fully saturated rings. The maximum absolute atomic E-state index is 12.9. The maximum Gasteiger partial charge on any atom is 0.374 e. The van der Waals surface area contributed by atoms with Gasteiger partial charge >= 0.3 is 13.0 Å². The van der Waals surface area contributed by atoms with Crippen molar-refractivity contribution in [2.75, 3.05) is 6.61 Å². The Hall–Kier alpha value is -2.76. The fourth-order valence-electron chi connectivity index (χ4n) is 5.38. The Morgan fingerprint density at radius 1 is 1.31 bits per heavy atom. The van der Waals surface area contributed by atoms with E-state index in [-0.39, 0.29) is 36.3 Å². The lowest BCUT2D eigenvalue weighted by Gasteiger charge is -2.25. The summed E-state index contributed by atoms with van der Waals surface area (Å²) in [6.07, 6.45) is 3.25. The third-order valence-corrected chi connectivity index (χ3v) is 7.36. The summed E-state index contributed by atoms with van der Waals surface area (Å²) in [5, 5.41) is 16.9. The summed E-state index contributed by atoms with van der Waals surface area (Å²) < 4.78 is 13.6. The molecule has 7 atom stereocenters. The summed E-state index contributed by atoms with van der Waals surface area (Å²) in [6, 6.07) is 9.74. The standard InChI is InChI=1S/C24H34BN5O5/c1-4-14(2)20(28-25(3)33)24(32)34-12-19-17-10-16(15-8-6-5-7-9-15)11-18(17)23(35-19)30-13-27-22(29-30)21(26)31/h5-9,13-14,16-20,23,28,33H,4,10-12H2,1-3H3,(H2,26,31)/t14-,16?,17?,18+,19+,20-,23+/m0/s1. The molecule has 0 bridgehead atoms. The molecule has 2 aromatic rings. The summed E-state index contributed by atoms with van der Waals surface area (Å²) in [7, 11) is -0.828. The first-order valence-electron chi connectivity index (χ1n) is 12.3. The number of nitrogens with two attached hydrogens (primary N) is 1. The topological polar surface area (TPSA) is 142 Å². The second-order valence-corrected chi connectivity index (χ2v) is 9.72. The van der Waals surface area contributed by atoms with Gasteiger partial charge in [-0.2, -0.15) is 0 Å². The van der Waals surface area contributed by atoms with Gasteiger partial charge in [0.05, 0.1) is 6.10 Å². The molecule has 1 aliphatic carbocycles. The van der Waals surface area contributed by atoms with Gasteiger partial charge in [0.2, 0.25) is 5.82 Å². The Balaban J connectivity index is 1.51. The Bertz CT molecular complexity index is 1020. The van der Waals surface area contributed by atoms with Gasteiger partial charge in [0, 0.05) is 5.92 Å². The number of aromatic nitrogens is 3. The molecule has 2 unspecified atom stereocenters. The summed E-state index contributed by atoms with van der Waals surface area (Å²) in [5.41, 5.74) is 6.61. The number of esters is 1. The highest BCUT2D eigenvalue weighted by Crippen LogP contribution is 2.54. The van der Waals surface area contributed by atoms with E-state index in [2.05, 4.69) is 27.4 Å². The average Bonchev–Trinajstić information content (AvgIpc) is 3.57. The molecular formula is C24H34BN5O5. The molecule has 1 aromatic heterocycles. The minimum atomic E-state index is -0.828. The number of hydrogen-bond donors (Lipinski definition) is 3. The number of ether oxygens (including phenoxy) is 2. The average molecular weight is 483 g/mol. The van der Waals surface area contributed by atoms with E-state index in [1.807, 2.05) is 32.0 Å². The van der Waals surface area contributed by atoms with Crippen LogP contribution in [0.2, 0.25) is 6.82 Å². The van der Waals surface area contributed by atoms with Crippen LogP contribution in [-0.4, -0.2) is 57.5 Å². The molecule has 4 rings (SSSR count). The van der Waals surface area contributed by atoms with E-state index in [0.717, 1.165) is 19.3 Å². The van der Waals surface area contributed by atoms with E-state index in [0.29, 0.717) is 5.92 Å². The molecule has 2 aliphatic rings. The molecule has 1 saturated heterocycles. The molecule has 1 aromatic carbocycles. The van der Waals surface area contributed by atoms with Gasteiger partial charge in [0.1, 0.15) is 19.0 Å². The van der Waals surface area contributed by atoms with Crippen LogP contribution in [0.25, 0.3) is 0 Å². The fourth-order valence-corrected chi connectivity index (χ4v) is 5.38. The smallest absolute Gasteiger partial charge is 0.374 e. The van der Waals surface area contributed by atoms with E-state index in [4.69, 9.17) is 15.2 Å². The summed E-state index contributed by atoms with van der Waals surface area (Å²) in [5.74, 6) is -0.549. The lowest BCUT2D eigenvalue weighted by Crippen LogP contribution is -2.49. The number of nitrogens with one attached hydrogen (secondary N) is 1. The molecule has 4 N–H and O–H groups in total. The van der Waals surface area contributed by atoms with E-state index >= 15 is 0 Å². The van der Waals surface area contributed by atoms with E-state index in [1.165, 1.54) is 11.9 Å². The third kappa shape index (κ3) is 5.57. The van der Waals surface area contributed by atoms with Crippen molar-refractivity contribution < 1.29 is 24.1 Å². The maximum atomic E-state index is 12.9. The van der Waals surface area contributed by atoms with E-state index in [1.54, 1.807) is 11.5 Å². The Kier molecular flexibility index (Phi) is 7.88. The second-order valence-electron chi connectivity index (χ2n) is 9.72. The van der Waals surface area contributed by atoms with Gasteiger partial charge in [-0.25, -0.2) is 9.67 Å². The van der Waals surface area contributed by atoms with Gasteiger partial charge in [0.15, 0.2) is 6.23 Å². The second kappa shape index (κ2) is 10.9. The number of carbonyl (C=O) groups is 2. The number of benzene rings is 1. The van der Waals surface area contributed by atoms with Crippen molar-refractivity contribution in [1.82, 2.24) is 20.0 Å². The van der Waals surface area contributed by atoms with Crippen molar-refractivity contribution in [3.05, 3.63) is 48.0 Å². The number of nitrogens with zero attached hydrogens (tertiary/aromatic N) is 3. The zero-order valence-corrected chi connectivity index (χ0v) is 20.4. The van der Waals surface area contributed by atoms with Crippen molar-refractivity contribution in [3.63, 3.8) is 0 Å². The highest BCUT2D eigenvalue weighted by molar-refractivity contribution is 6.46. The lowest BCUT2D eigenvalue weighted by molar-refractivity contribution is -0.153. The van der Waals surface area contributed by atoms with Crippen molar-refractivity contribution in [2.45, 2.75) is 64.2 Å². The van der Waals surface area contributed by atoms with E-state index in [9.17, 15) is 14.6 Å². The Morgan fingerprint density at radius 2 is 2.03 bits per heavy atom. The van der Waals surface area contributed by atoms with Crippen molar-refractivity contribution in [3.8, 4) is 0 Å². The van der Waals surface area contributed by atoms with Crippen molar-refractivity contribution in [2.24, 2.45) is 23.5 Å². The molecule has 1 amide bonds. The molecule has 0 spiro atoms. The molecule has 0 radical (unpaired) electrons. The van der Waals surface area contributed by atoms with Gasteiger partial charge in [-0.3, -0.25) is 9.59 Å². The highest BCUT2D eigenvalue weighted by Gasteiger charge is 2.52. The van der Waals surface area contributed by atoms with Gasteiger partial charge in [-0.15, -0.1) is 5.10 Å². The number of amides is 1. The number of fused-ring (bicyclic) bond motifs is 1. The zero-order valence-electron chi connectivity index (χ0n) is 20.4. The number of rotatable bonds is 10. The van der Waals surface area contributed by atoms with Gasteiger partial charge in [-0.05, 0) is 43.0 Å². The summed E-state index contributed by atoms with van der Waals surface area (Å²) >= 11 is 0. The predicted octanol–water partition coefficient (Wildman–Crippen LogP) is 1.74. The SMILES string of the molecule is CC[C@H](C)[C@H](NB(C)O)C(=O)OC[C@H]1O[C@@H](n2cnc(C(N)=O)n2)[C@@H]2CC(c3ccccc3)CC21. The van der Waals surface area contributed by atoms with Gasteiger partial charge < -0.3 is 25.5 Å².